The minimum absolute atomic E-state index is 0.0466. The van der Waals surface area contributed by atoms with Gasteiger partial charge in [0.2, 0.25) is 0 Å². The molecular weight excluding hydrogens is 465 g/mol. The predicted octanol–water partition coefficient (Wildman–Crippen LogP) is 5.11. The highest BCUT2D eigenvalue weighted by Crippen LogP contribution is 2.35. The number of nitrogens with zero attached hydrogens (tertiary/aromatic N) is 2. The van der Waals surface area contributed by atoms with Crippen molar-refractivity contribution in [2.45, 2.75) is 25.7 Å². The number of primary amides is 1. The molecule has 1 atom stereocenters. The summed E-state index contributed by atoms with van der Waals surface area (Å²) in [6.45, 7) is 2.24. The van der Waals surface area contributed by atoms with E-state index in [4.69, 9.17) is 16.2 Å². The van der Waals surface area contributed by atoms with Crippen molar-refractivity contribution in [3.8, 4) is 27.3 Å². The molecule has 3 aromatic rings. The van der Waals surface area contributed by atoms with Crippen molar-refractivity contribution in [2.75, 3.05) is 19.8 Å². The van der Waals surface area contributed by atoms with Crippen LogP contribution in [-0.2, 0) is 6.54 Å². The number of ether oxygens (including phenoxy) is 1. The maximum Gasteiger partial charge on any atom is 0.409 e. The van der Waals surface area contributed by atoms with E-state index in [2.05, 4.69) is 21.3 Å². The average molecular weight is 491 g/mol. The molecule has 2 aromatic heterocycles. The molecule has 6 nitrogen and oxygen atoms in total. The largest absolute Gasteiger partial charge is 0.486 e. The number of benzene rings is 1. The van der Waals surface area contributed by atoms with Crippen LogP contribution < -0.4 is 16.2 Å². The summed E-state index contributed by atoms with van der Waals surface area (Å²) in [6, 6.07) is 8.59. The van der Waals surface area contributed by atoms with Crippen LogP contribution in [0.3, 0.4) is 0 Å². The molecule has 0 radical (unpaired) electrons. The first-order chi connectivity index (χ1) is 15.9. The molecule has 0 aliphatic carbocycles. The number of amides is 1. The summed E-state index contributed by atoms with van der Waals surface area (Å²) in [5, 5.41) is 2.08. The second-order valence-electron chi connectivity index (χ2n) is 8.01. The highest BCUT2D eigenvalue weighted by Gasteiger charge is 2.23. The number of nitrogen functional groups attached to an aromatic ring is 1. The van der Waals surface area contributed by atoms with Crippen molar-refractivity contribution < 1.29 is 22.7 Å². The van der Waals surface area contributed by atoms with E-state index in [-0.39, 0.29) is 23.2 Å². The lowest BCUT2D eigenvalue weighted by atomic mass is 10.0. The Bertz CT molecular complexity index is 1210. The van der Waals surface area contributed by atoms with Crippen molar-refractivity contribution in [1.29, 1.82) is 0 Å². The Morgan fingerprint density at radius 2 is 1.97 bits per heavy atom. The van der Waals surface area contributed by atoms with Crippen LogP contribution in [0.25, 0.3) is 21.6 Å². The molecule has 10 heteroatoms. The summed E-state index contributed by atoms with van der Waals surface area (Å²) in [4.78, 5) is 19.3. The van der Waals surface area contributed by atoms with Crippen LogP contribution in [0.2, 0.25) is 0 Å². The summed E-state index contributed by atoms with van der Waals surface area (Å²) in [5.74, 6) is -0.449. The van der Waals surface area contributed by atoms with E-state index in [0.717, 1.165) is 23.1 Å². The van der Waals surface area contributed by atoms with Crippen LogP contribution in [0.15, 0.2) is 54.1 Å². The Balaban J connectivity index is 1.97. The van der Waals surface area contributed by atoms with Gasteiger partial charge in [0.05, 0.1) is 5.56 Å². The molecule has 0 spiro atoms. The smallest absolute Gasteiger partial charge is 0.409 e. The molecule has 0 saturated carbocycles. The van der Waals surface area contributed by atoms with Gasteiger partial charge in [0.15, 0.2) is 0 Å². The topological polar surface area (TPSA) is 94.5 Å². The van der Waals surface area contributed by atoms with Crippen LogP contribution >= 0.6 is 11.3 Å². The van der Waals surface area contributed by atoms with E-state index in [9.17, 15) is 18.0 Å². The molecule has 0 aliphatic rings. The van der Waals surface area contributed by atoms with Crippen LogP contribution in [0, 0.1) is 0 Å². The first-order valence-corrected chi connectivity index (χ1v) is 11.2. The van der Waals surface area contributed by atoms with Gasteiger partial charge in [0.1, 0.15) is 17.7 Å². The van der Waals surface area contributed by atoms with E-state index >= 15 is 0 Å². The summed E-state index contributed by atoms with van der Waals surface area (Å²) in [6.07, 6.45) is -2.80. The minimum Gasteiger partial charge on any atom is -0.486 e. The minimum atomic E-state index is -4.47. The molecule has 1 aromatic carbocycles. The second-order valence-corrected chi connectivity index (χ2v) is 8.92. The van der Waals surface area contributed by atoms with Crippen LogP contribution in [-0.4, -0.2) is 42.2 Å². The Morgan fingerprint density at radius 1 is 1.24 bits per heavy atom. The van der Waals surface area contributed by atoms with Gasteiger partial charge < -0.3 is 21.1 Å². The molecule has 180 valence electrons. The molecule has 3 rings (SSSR count). The zero-order valence-corrected chi connectivity index (χ0v) is 19.7. The molecule has 34 heavy (non-hydrogen) atoms. The summed E-state index contributed by atoms with van der Waals surface area (Å²) < 4.78 is 43.1. The highest BCUT2D eigenvalue weighted by molar-refractivity contribution is 7.13. The number of nitrogens with two attached hydrogens (primary N) is 2. The molecule has 0 aliphatic heterocycles. The number of carbonyl (C=O) groups excluding carboxylic acids is 1. The van der Waals surface area contributed by atoms with Gasteiger partial charge in [-0.2, -0.15) is 13.2 Å². The van der Waals surface area contributed by atoms with E-state index < -0.39 is 18.2 Å². The van der Waals surface area contributed by atoms with E-state index in [1.54, 1.807) is 23.6 Å². The number of carbonyl (C=O) groups is 1. The van der Waals surface area contributed by atoms with Gasteiger partial charge in [-0.1, -0.05) is 6.07 Å². The number of allylic oxidation sites excluding steroid dienone is 1. The molecule has 1 unspecified atom stereocenters. The summed E-state index contributed by atoms with van der Waals surface area (Å²) in [7, 11) is 3.99. The van der Waals surface area contributed by atoms with Gasteiger partial charge >= 0.3 is 6.18 Å². The van der Waals surface area contributed by atoms with Crippen molar-refractivity contribution in [3.05, 3.63) is 65.2 Å². The lowest BCUT2D eigenvalue weighted by molar-refractivity contribution is -0.0804. The maximum atomic E-state index is 12.5. The normalized spacial score (nSPS) is 12.9. The molecule has 4 N–H and O–H groups in total. The third kappa shape index (κ3) is 6.58. The number of hydrogen-bond donors (Lipinski definition) is 2. The van der Waals surface area contributed by atoms with Gasteiger partial charge in [-0.25, -0.2) is 4.98 Å². The fourth-order valence-corrected chi connectivity index (χ4v) is 4.18. The van der Waals surface area contributed by atoms with Crippen molar-refractivity contribution in [1.82, 2.24) is 9.88 Å². The number of hydrogen-bond acceptors (Lipinski definition) is 6. The number of rotatable bonds is 8. The standard InChI is InChI=1S/C24H25F3N4O2S/c1-14(6-7-24(25,26)27)33-20-10-16(4-5-18(20)23(29)32)19-9-17(11-30-22(19)28)21-8-15(13-34-21)12-31(2)3/h4-11,13-14H,12H2,1-3H3,(H2,28,30)(H2,29,32)/b7-6-. The third-order valence-electron chi connectivity index (χ3n) is 4.78. The van der Waals surface area contributed by atoms with Crippen molar-refractivity contribution in [2.24, 2.45) is 5.73 Å². The van der Waals surface area contributed by atoms with Gasteiger partial charge in [0.25, 0.3) is 5.91 Å². The molecule has 2 heterocycles. The Kier molecular flexibility index (Phi) is 7.63. The Labute approximate surface area is 199 Å². The average Bonchev–Trinajstić information content (AvgIpc) is 3.19. The zero-order chi connectivity index (χ0) is 25.0. The lowest BCUT2D eigenvalue weighted by Crippen LogP contribution is -2.17. The fraction of sp³-hybridized carbons (Fsp3) is 0.250. The van der Waals surface area contributed by atoms with Crippen LogP contribution in [0.1, 0.15) is 22.8 Å². The number of aromatic nitrogens is 1. The number of halogens is 3. The van der Waals surface area contributed by atoms with E-state index in [1.165, 1.54) is 24.6 Å². The molecule has 0 bridgehead atoms. The fourth-order valence-electron chi connectivity index (χ4n) is 3.29. The zero-order valence-electron chi connectivity index (χ0n) is 18.9. The first kappa shape index (κ1) is 25.3. The van der Waals surface area contributed by atoms with Gasteiger partial charge in [-0.3, -0.25) is 4.79 Å². The highest BCUT2D eigenvalue weighted by atomic mass is 32.1. The SMILES string of the molecule is CC(/C=C\C(F)(F)F)Oc1cc(-c2cc(-c3cc(CN(C)C)cs3)cnc2N)ccc1C(N)=O. The monoisotopic (exact) mass is 490 g/mol. The lowest BCUT2D eigenvalue weighted by Gasteiger charge is -2.16. The maximum absolute atomic E-state index is 12.5. The van der Waals surface area contributed by atoms with Gasteiger partial charge in [-0.15, -0.1) is 11.3 Å². The predicted molar refractivity (Wildman–Crippen MR) is 129 cm³/mol. The first-order valence-electron chi connectivity index (χ1n) is 10.3. The molecule has 0 fully saturated rings. The number of pyridine rings is 1. The van der Waals surface area contributed by atoms with E-state index in [1.807, 2.05) is 20.2 Å². The quantitative estimate of drug-likeness (QED) is 0.428. The second kappa shape index (κ2) is 10.3. The molecule has 0 saturated heterocycles. The van der Waals surface area contributed by atoms with Crippen molar-refractivity contribution in [3.63, 3.8) is 0 Å². The van der Waals surface area contributed by atoms with Crippen LogP contribution in [0.5, 0.6) is 5.75 Å². The van der Waals surface area contributed by atoms with Gasteiger partial charge in [0, 0.05) is 34.8 Å². The Morgan fingerprint density at radius 3 is 2.62 bits per heavy atom. The third-order valence-corrected chi connectivity index (χ3v) is 5.81. The van der Waals surface area contributed by atoms with Crippen LogP contribution in [0.4, 0.5) is 19.0 Å². The Hall–Kier alpha value is -3.37. The number of alkyl halides is 3. The molecule has 1 amide bonds. The van der Waals surface area contributed by atoms with Crippen molar-refractivity contribution >= 4 is 23.1 Å². The summed E-state index contributed by atoms with van der Waals surface area (Å²) in [5.41, 5.74) is 14.8. The molecular formula is C24H25F3N4O2S. The van der Waals surface area contributed by atoms with E-state index in [0.29, 0.717) is 11.1 Å². The number of anilines is 1. The summed E-state index contributed by atoms with van der Waals surface area (Å²) >= 11 is 1.59. The van der Waals surface area contributed by atoms with Gasteiger partial charge in [-0.05, 0) is 67.9 Å². The number of thiophene rings is 1.